The Bertz CT molecular complexity index is 404. The smallest absolute Gasteiger partial charge is 0.101 e. The fraction of sp³-hybridized carbons (Fsp3) is 0.500. The normalized spacial score (nSPS) is 10.4. The second-order valence-corrected chi connectivity index (χ2v) is 4.77. The minimum absolute atomic E-state index is 0.477. The number of hydrogen-bond acceptors (Lipinski definition) is 3. The predicted molar refractivity (Wildman–Crippen MR) is 71.8 cm³/mol. The topological polar surface area (TPSA) is 53.0 Å². The molecule has 0 heterocycles. The maximum Gasteiger partial charge on any atom is 0.101 e. The van der Waals surface area contributed by atoms with E-state index in [1.54, 1.807) is 0 Å². The minimum atomic E-state index is 0.477. The molecule has 92 valence electrons. The van der Waals surface area contributed by atoms with Crippen LogP contribution >= 0.6 is 0 Å². The van der Waals surface area contributed by atoms with E-state index in [0.29, 0.717) is 18.0 Å². The van der Waals surface area contributed by atoms with Gasteiger partial charge in [0.25, 0.3) is 0 Å². The number of nitrogens with two attached hydrogens (primary N) is 1. The summed E-state index contributed by atoms with van der Waals surface area (Å²) in [6.45, 7) is 5.85. The third-order valence-corrected chi connectivity index (χ3v) is 2.87. The van der Waals surface area contributed by atoms with E-state index in [-0.39, 0.29) is 0 Å². The quantitative estimate of drug-likeness (QED) is 0.847. The van der Waals surface area contributed by atoms with E-state index >= 15 is 0 Å². The zero-order chi connectivity index (χ0) is 12.8. The molecule has 17 heavy (non-hydrogen) atoms. The summed E-state index contributed by atoms with van der Waals surface area (Å²) in [7, 11) is 2.03. The number of nitrogens with zero attached hydrogens (tertiary/aromatic N) is 2. The zero-order valence-corrected chi connectivity index (χ0v) is 10.9. The van der Waals surface area contributed by atoms with Crippen molar-refractivity contribution >= 4 is 5.69 Å². The van der Waals surface area contributed by atoms with Crippen LogP contribution in [0.25, 0.3) is 0 Å². The molecular weight excluding hydrogens is 210 g/mol. The van der Waals surface area contributed by atoms with Crippen molar-refractivity contribution < 1.29 is 0 Å². The minimum Gasteiger partial charge on any atom is -0.374 e. The first-order valence-electron chi connectivity index (χ1n) is 6.02. The summed E-state index contributed by atoms with van der Waals surface area (Å²) in [6, 6.07) is 8.09. The van der Waals surface area contributed by atoms with Crippen molar-refractivity contribution in [3.05, 3.63) is 29.3 Å². The van der Waals surface area contributed by atoms with E-state index in [4.69, 9.17) is 11.0 Å². The maximum absolute atomic E-state index is 9.15. The lowest BCUT2D eigenvalue weighted by Gasteiger charge is -2.21. The van der Waals surface area contributed by atoms with Gasteiger partial charge in [-0.1, -0.05) is 19.9 Å². The molecule has 0 aliphatic rings. The Morgan fingerprint density at radius 2 is 2.12 bits per heavy atom. The van der Waals surface area contributed by atoms with Gasteiger partial charge in [-0.05, 0) is 30.0 Å². The van der Waals surface area contributed by atoms with Crippen molar-refractivity contribution in [3.8, 4) is 6.07 Å². The lowest BCUT2D eigenvalue weighted by molar-refractivity contribution is 0.585. The van der Waals surface area contributed by atoms with Gasteiger partial charge in [-0.15, -0.1) is 0 Å². The van der Waals surface area contributed by atoms with Crippen LogP contribution in [0.3, 0.4) is 0 Å². The molecule has 0 aromatic heterocycles. The third kappa shape index (κ3) is 3.76. The number of hydrogen-bond donors (Lipinski definition) is 1. The van der Waals surface area contributed by atoms with Crippen LogP contribution < -0.4 is 10.6 Å². The van der Waals surface area contributed by atoms with Gasteiger partial charge in [0, 0.05) is 20.1 Å². The molecular formula is C14H21N3. The van der Waals surface area contributed by atoms with Gasteiger partial charge in [-0.3, -0.25) is 0 Å². The van der Waals surface area contributed by atoms with Crippen LogP contribution in [0, 0.1) is 17.2 Å². The standard InChI is InChI=1S/C14H21N3/c1-11(2)6-7-17(3)14-5-4-12(9-15)8-13(14)10-16/h4-5,8,11H,6-7,9,15H2,1-3H3. The molecule has 1 rings (SSSR count). The van der Waals surface area contributed by atoms with Crippen molar-refractivity contribution in [2.45, 2.75) is 26.8 Å². The van der Waals surface area contributed by atoms with E-state index in [1.807, 2.05) is 25.2 Å². The van der Waals surface area contributed by atoms with E-state index in [1.165, 1.54) is 0 Å². The van der Waals surface area contributed by atoms with E-state index in [9.17, 15) is 0 Å². The fourth-order valence-corrected chi connectivity index (χ4v) is 1.70. The summed E-state index contributed by atoms with van der Waals surface area (Å²) in [6.07, 6.45) is 1.13. The largest absolute Gasteiger partial charge is 0.374 e. The zero-order valence-electron chi connectivity index (χ0n) is 10.9. The summed E-state index contributed by atoms with van der Waals surface area (Å²) >= 11 is 0. The number of nitriles is 1. The highest BCUT2D eigenvalue weighted by Crippen LogP contribution is 2.21. The van der Waals surface area contributed by atoms with Crippen molar-refractivity contribution in [2.75, 3.05) is 18.5 Å². The summed E-state index contributed by atoms with van der Waals surface area (Å²) < 4.78 is 0. The third-order valence-electron chi connectivity index (χ3n) is 2.87. The van der Waals surface area contributed by atoms with Gasteiger partial charge in [-0.2, -0.15) is 5.26 Å². The lowest BCUT2D eigenvalue weighted by atomic mass is 10.1. The highest BCUT2D eigenvalue weighted by atomic mass is 15.1. The van der Waals surface area contributed by atoms with Crippen molar-refractivity contribution in [1.29, 1.82) is 5.26 Å². The summed E-state index contributed by atoms with van der Waals surface area (Å²) in [5, 5.41) is 9.15. The number of anilines is 1. The average Bonchev–Trinajstić information content (AvgIpc) is 2.34. The van der Waals surface area contributed by atoms with Gasteiger partial charge in [0.1, 0.15) is 6.07 Å². The first kappa shape index (κ1) is 13.5. The molecule has 2 N–H and O–H groups in total. The van der Waals surface area contributed by atoms with Crippen LogP contribution in [0.5, 0.6) is 0 Å². The monoisotopic (exact) mass is 231 g/mol. The van der Waals surface area contributed by atoms with E-state index in [2.05, 4.69) is 24.8 Å². The molecule has 0 aliphatic heterocycles. The highest BCUT2D eigenvalue weighted by molar-refractivity contribution is 5.60. The van der Waals surface area contributed by atoms with Crippen LogP contribution in [-0.2, 0) is 6.54 Å². The average molecular weight is 231 g/mol. The SMILES string of the molecule is CC(C)CCN(C)c1ccc(CN)cc1C#N. The molecule has 0 bridgehead atoms. The molecule has 3 heteroatoms. The molecule has 0 unspecified atom stereocenters. The fourth-order valence-electron chi connectivity index (χ4n) is 1.70. The van der Waals surface area contributed by atoms with E-state index in [0.717, 1.165) is 24.2 Å². The summed E-state index contributed by atoms with van der Waals surface area (Å²) in [4.78, 5) is 2.14. The molecule has 0 fully saturated rings. The van der Waals surface area contributed by atoms with Crippen molar-refractivity contribution in [1.82, 2.24) is 0 Å². The van der Waals surface area contributed by atoms with Crippen LogP contribution in [0.1, 0.15) is 31.4 Å². The summed E-state index contributed by atoms with van der Waals surface area (Å²) in [5.41, 5.74) is 8.28. The van der Waals surface area contributed by atoms with Crippen molar-refractivity contribution in [2.24, 2.45) is 11.7 Å². The molecule has 0 radical (unpaired) electrons. The first-order chi connectivity index (χ1) is 8.08. The van der Waals surface area contributed by atoms with Gasteiger partial charge in [0.15, 0.2) is 0 Å². The Labute approximate surface area is 104 Å². The summed E-state index contributed by atoms with van der Waals surface area (Å²) in [5.74, 6) is 0.673. The lowest BCUT2D eigenvalue weighted by Crippen LogP contribution is -2.21. The van der Waals surface area contributed by atoms with Crippen LogP contribution in [0.15, 0.2) is 18.2 Å². The van der Waals surface area contributed by atoms with Gasteiger partial charge in [-0.25, -0.2) is 0 Å². The number of rotatable bonds is 5. The van der Waals surface area contributed by atoms with Gasteiger partial charge >= 0.3 is 0 Å². The second kappa shape index (κ2) is 6.27. The molecule has 0 spiro atoms. The van der Waals surface area contributed by atoms with Gasteiger partial charge in [0.05, 0.1) is 11.3 Å². The molecule has 0 amide bonds. The molecule has 0 aliphatic carbocycles. The first-order valence-corrected chi connectivity index (χ1v) is 6.02. The molecule has 3 nitrogen and oxygen atoms in total. The second-order valence-electron chi connectivity index (χ2n) is 4.77. The maximum atomic E-state index is 9.15. The number of benzene rings is 1. The molecule has 1 aromatic rings. The Morgan fingerprint density at radius 3 is 2.65 bits per heavy atom. The van der Waals surface area contributed by atoms with E-state index < -0.39 is 0 Å². The molecule has 0 saturated carbocycles. The Hall–Kier alpha value is -1.53. The van der Waals surface area contributed by atoms with Crippen LogP contribution in [0.2, 0.25) is 0 Å². The van der Waals surface area contributed by atoms with Crippen LogP contribution in [0.4, 0.5) is 5.69 Å². The Balaban J connectivity index is 2.86. The Morgan fingerprint density at radius 1 is 1.41 bits per heavy atom. The Kier molecular flexibility index (Phi) is 4.99. The van der Waals surface area contributed by atoms with Crippen LogP contribution in [-0.4, -0.2) is 13.6 Å². The van der Waals surface area contributed by atoms with Gasteiger partial charge in [0.2, 0.25) is 0 Å². The molecule has 1 aromatic carbocycles. The van der Waals surface area contributed by atoms with Gasteiger partial charge < -0.3 is 10.6 Å². The predicted octanol–water partition coefficient (Wildman–Crippen LogP) is 2.50. The molecule has 0 atom stereocenters. The van der Waals surface area contributed by atoms with Crippen molar-refractivity contribution in [3.63, 3.8) is 0 Å². The highest BCUT2D eigenvalue weighted by Gasteiger charge is 2.08. The molecule has 0 saturated heterocycles.